The molecular formula is C11H14N2O2S. The van der Waals surface area contributed by atoms with Crippen molar-refractivity contribution in [2.75, 3.05) is 13.1 Å². The molecule has 1 N–H and O–H groups in total. The monoisotopic (exact) mass is 238 g/mol. The summed E-state index contributed by atoms with van der Waals surface area (Å²) < 4.78 is 0. The fourth-order valence-corrected chi connectivity index (χ4v) is 2.85. The maximum atomic E-state index is 11.8. The second-order valence-corrected chi connectivity index (χ2v) is 5.74. The summed E-state index contributed by atoms with van der Waals surface area (Å²) in [6.45, 7) is 1.05. The Morgan fingerprint density at radius 2 is 2.38 bits per heavy atom. The number of amides is 1. The van der Waals surface area contributed by atoms with E-state index in [9.17, 15) is 9.90 Å². The molecule has 4 nitrogen and oxygen atoms in total. The number of carbonyl (C=O) groups is 1. The topological polar surface area (TPSA) is 53.4 Å². The van der Waals surface area contributed by atoms with Crippen molar-refractivity contribution in [3.8, 4) is 0 Å². The van der Waals surface area contributed by atoms with Crippen LogP contribution in [0.1, 0.15) is 17.7 Å². The lowest BCUT2D eigenvalue weighted by atomic mass is 9.88. The van der Waals surface area contributed by atoms with Crippen molar-refractivity contribution in [2.24, 2.45) is 5.92 Å². The number of hydrogen-bond acceptors (Lipinski definition) is 4. The SMILES string of the molecule is O=C(Cc1cncs1)N1CC(O)(C2CC2)C1. The zero-order chi connectivity index (χ0) is 11.2. The van der Waals surface area contributed by atoms with E-state index < -0.39 is 5.60 Å². The van der Waals surface area contributed by atoms with Crippen molar-refractivity contribution in [3.05, 3.63) is 16.6 Å². The van der Waals surface area contributed by atoms with Gasteiger partial charge in [-0.05, 0) is 18.8 Å². The lowest BCUT2D eigenvalue weighted by Gasteiger charge is -2.47. The molecule has 0 bridgehead atoms. The highest BCUT2D eigenvalue weighted by molar-refractivity contribution is 7.09. The van der Waals surface area contributed by atoms with Crippen LogP contribution >= 0.6 is 11.3 Å². The first-order valence-electron chi connectivity index (χ1n) is 5.55. The van der Waals surface area contributed by atoms with Gasteiger partial charge in [-0.1, -0.05) is 0 Å². The molecule has 2 heterocycles. The highest BCUT2D eigenvalue weighted by Crippen LogP contribution is 2.44. The van der Waals surface area contributed by atoms with E-state index in [4.69, 9.17) is 0 Å². The van der Waals surface area contributed by atoms with Gasteiger partial charge in [-0.2, -0.15) is 0 Å². The first-order valence-corrected chi connectivity index (χ1v) is 6.43. The summed E-state index contributed by atoms with van der Waals surface area (Å²) in [5.74, 6) is 0.550. The Morgan fingerprint density at radius 1 is 1.62 bits per heavy atom. The number of β-amino-alcohol motifs (C(OH)–C–C–N with tert-alkyl or cyclic N) is 1. The van der Waals surface area contributed by atoms with Crippen LogP contribution in [0.4, 0.5) is 0 Å². The van der Waals surface area contributed by atoms with Crippen molar-refractivity contribution in [2.45, 2.75) is 24.9 Å². The molecule has 0 aromatic carbocycles. The van der Waals surface area contributed by atoms with Crippen molar-refractivity contribution >= 4 is 17.2 Å². The molecule has 1 aliphatic heterocycles. The van der Waals surface area contributed by atoms with Crippen LogP contribution in [0.2, 0.25) is 0 Å². The van der Waals surface area contributed by atoms with Crippen LogP contribution < -0.4 is 0 Å². The van der Waals surface area contributed by atoms with E-state index in [-0.39, 0.29) is 5.91 Å². The predicted molar refractivity (Wildman–Crippen MR) is 60.1 cm³/mol. The smallest absolute Gasteiger partial charge is 0.228 e. The molecule has 0 radical (unpaired) electrons. The molecular weight excluding hydrogens is 224 g/mol. The lowest BCUT2D eigenvalue weighted by Crippen LogP contribution is -2.64. The Hall–Kier alpha value is -0.940. The molecule has 2 fully saturated rings. The van der Waals surface area contributed by atoms with Gasteiger partial charge in [0, 0.05) is 11.1 Å². The summed E-state index contributed by atoms with van der Waals surface area (Å²) in [6.07, 6.45) is 4.39. The average molecular weight is 238 g/mol. The molecule has 1 saturated carbocycles. The van der Waals surface area contributed by atoms with Gasteiger partial charge in [0.05, 0.1) is 25.0 Å². The van der Waals surface area contributed by atoms with Crippen LogP contribution in [0.5, 0.6) is 0 Å². The van der Waals surface area contributed by atoms with Crippen LogP contribution in [-0.2, 0) is 11.2 Å². The van der Waals surface area contributed by atoms with E-state index in [1.165, 1.54) is 11.3 Å². The lowest BCUT2D eigenvalue weighted by molar-refractivity contribution is -0.158. The summed E-state index contributed by atoms with van der Waals surface area (Å²) in [5, 5.41) is 10.1. The molecule has 0 atom stereocenters. The molecule has 1 aromatic rings. The minimum Gasteiger partial charge on any atom is -0.386 e. The third-order valence-electron chi connectivity index (χ3n) is 3.43. The van der Waals surface area contributed by atoms with E-state index in [1.807, 2.05) is 0 Å². The van der Waals surface area contributed by atoms with Crippen molar-refractivity contribution in [1.29, 1.82) is 0 Å². The Bertz CT molecular complexity index is 394. The van der Waals surface area contributed by atoms with E-state index in [1.54, 1.807) is 16.6 Å². The van der Waals surface area contributed by atoms with Crippen LogP contribution in [0.25, 0.3) is 0 Å². The summed E-state index contributed by atoms with van der Waals surface area (Å²) in [6, 6.07) is 0. The van der Waals surface area contributed by atoms with Crippen LogP contribution in [-0.4, -0.2) is 39.6 Å². The molecule has 1 aromatic heterocycles. The number of likely N-dealkylation sites (tertiary alicyclic amines) is 1. The number of aromatic nitrogens is 1. The summed E-state index contributed by atoms with van der Waals surface area (Å²) in [7, 11) is 0. The predicted octanol–water partition coefficient (Wildman–Crippen LogP) is 0.669. The van der Waals surface area contributed by atoms with Crippen LogP contribution in [0, 0.1) is 5.92 Å². The second-order valence-electron chi connectivity index (χ2n) is 4.77. The maximum Gasteiger partial charge on any atom is 0.228 e. The third kappa shape index (κ3) is 1.74. The number of rotatable bonds is 3. The van der Waals surface area contributed by atoms with Crippen LogP contribution in [0.15, 0.2) is 11.7 Å². The highest BCUT2D eigenvalue weighted by Gasteiger charge is 2.53. The van der Waals surface area contributed by atoms with Crippen molar-refractivity contribution in [1.82, 2.24) is 9.88 Å². The minimum atomic E-state index is -0.566. The molecule has 0 unspecified atom stereocenters. The minimum absolute atomic E-state index is 0.106. The van der Waals surface area contributed by atoms with E-state index in [0.717, 1.165) is 17.7 Å². The van der Waals surface area contributed by atoms with E-state index >= 15 is 0 Å². The molecule has 1 amide bonds. The number of thiazole rings is 1. The fraction of sp³-hybridized carbons (Fsp3) is 0.636. The molecule has 2 aliphatic rings. The van der Waals surface area contributed by atoms with Crippen LogP contribution in [0.3, 0.4) is 0 Å². The molecule has 16 heavy (non-hydrogen) atoms. The Balaban J connectivity index is 1.54. The molecule has 3 rings (SSSR count). The number of nitrogens with zero attached hydrogens (tertiary/aromatic N) is 2. The number of hydrogen-bond donors (Lipinski definition) is 1. The molecule has 1 aliphatic carbocycles. The summed E-state index contributed by atoms with van der Waals surface area (Å²) in [5.41, 5.74) is 1.17. The molecule has 86 valence electrons. The second kappa shape index (κ2) is 3.53. The van der Waals surface area contributed by atoms with E-state index in [2.05, 4.69) is 4.98 Å². The van der Waals surface area contributed by atoms with Gasteiger partial charge in [-0.15, -0.1) is 11.3 Å². The standard InChI is InChI=1S/C11H14N2O2S/c14-10(3-9-4-12-7-16-9)13-5-11(15,6-13)8-1-2-8/h4,7-8,15H,1-3,5-6H2. The molecule has 0 spiro atoms. The Labute approximate surface area is 97.9 Å². The largest absolute Gasteiger partial charge is 0.386 e. The average Bonchev–Trinajstić information content (AvgIpc) is 2.94. The first-order chi connectivity index (χ1) is 7.67. The fourth-order valence-electron chi connectivity index (χ4n) is 2.26. The third-order valence-corrected chi connectivity index (χ3v) is 4.21. The number of carbonyl (C=O) groups excluding carboxylic acids is 1. The van der Waals surface area contributed by atoms with Crippen molar-refractivity contribution < 1.29 is 9.90 Å². The van der Waals surface area contributed by atoms with Gasteiger partial charge >= 0.3 is 0 Å². The normalized spacial score (nSPS) is 22.9. The maximum absolute atomic E-state index is 11.8. The van der Waals surface area contributed by atoms with Gasteiger partial charge in [0.15, 0.2) is 0 Å². The quantitative estimate of drug-likeness (QED) is 0.842. The van der Waals surface area contributed by atoms with E-state index in [0.29, 0.717) is 25.4 Å². The number of aliphatic hydroxyl groups is 1. The van der Waals surface area contributed by atoms with Gasteiger partial charge in [-0.3, -0.25) is 9.78 Å². The van der Waals surface area contributed by atoms with Gasteiger partial charge in [0.1, 0.15) is 5.60 Å². The Kier molecular flexibility index (Phi) is 2.26. The first kappa shape index (κ1) is 10.2. The summed E-state index contributed by atoms with van der Waals surface area (Å²) >= 11 is 1.50. The van der Waals surface area contributed by atoms with Gasteiger partial charge in [-0.25, -0.2) is 0 Å². The van der Waals surface area contributed by atoms with Gasteiger partial charge in [0.2, 0.25) is 5.91 Å². The Morgan fingerprint density at radius 3 is 2.94 bits per heavy atom. The van der Waals surface area contributed by atoms with Crippen molar-refractivity contribution in [3.63, 3.8) is 0 Å². The molecule has 1 saturated heterocycles. The van der Waals surface area contributed by atoms with Gasteiger partial charge in [0.25, 0.3) is 0 Å². The highest BCUT2D eigenvalue weighted by atomic mass is 32.1. The summed E-state index contributed by atoms with van der Waals surface area (Å²) in [4.78, 5) is 18.5. The van der Waals surface area contributed by atoms with Gasteiger partial charge < -0.3 is 10.0 Å². The molecule has 5 heteroatoms. The zero-order valence-electron chi connectivity index (χ0n) is 8.93. The zero-order valence-corrected chi connectivity index (χ0v) is 9.74.